The lowest BCUT2D eigenvalue weighted by atomic mass is 10.1. The van der Waals surface area contributed by atoms with E-state index in [4.69, 9.17) is 0 Å². The van der Waals surface area contributed by atoms with Crippen molar-refractivity contribution in [3.05, 3.63) is 17.7 Å². The van der Waals surface area contributed by atoms with E-state index >= 15 is 0 Å². The van der Waals surface area contributed by atoms with E-state index in [9.17, 15) is 0 Å². The van der Waals surface area contributed by atoms with Gasteiger partial charge in [0.2, 0.25) is 0 Å². The summed E-state index contributed by atoms with van der Waals surface area (Å²) in [4.78, 5) is 7.75. The lowest BCUT2D eigenvalue weighted by Gasteiger charge is -2.03. The first-order valence-electron chi connectivity index (χ1n) is 5.31. The Balaban J connectivity index is 2.53. The van der Waals surface area contributed by atoms with Crippen molar-refractivity contribution in [2.24, 2.45) is 0 Å². The van der Waals surface area contributed by atoms with E-state index in [2.05, 4.69) is 30.7 Å². The Morgan fingerprint density at radius 2 is 2.23 bits per heavy atom. The second kappa shape index (κ2) is 5.05. The lowest BCUT2D eigenvalue weighted by molar-refractivity contribution is 0.703. The molecule has 0 spiro atoms. The molecular formula is C11H20N2. The van der Waals surface area contributed by atoms with Gasteiger partial charge in [0.25, 0.3) is 0 Å². The number of aromatic nitrogens is 2. The van der Waals surface area contributed by atoms with E-state index in [-0.39, 0.29) is 0 Å². The summed E-state index contributed by atoms with van der Waals surface area (Å²) in [6, 6.07) is 0. The molecule has 74 valence electrons. The molecule has 1 aromatic rings. The van der Waals surface area contributed by atoms with Crippen LogP contribution in [0.15, 0.2) is 6.20 Å². The monoisotopic (exact) mass is 180 g/mol. The largest absolute Gasteiger partial charge is 0.346 e. The van der Waals surface area contributed by atoms with Gasteiger partial charge in [0.1, 0.15) is 5.82 Å². The molecule has 1 atom stereocenters. The first-order valence-corrected chi connectivity index (χ1v) is 5.31. The van der Waals surface area contributed by atoms with E-state index in [0.29, 0.717) is 5.92 Å². The highest BCUT2D eigenvalue weighted by Crippen LogP contribution is 2.16. The van der Waals surface area contributed by atoms with Gasteiger partial charge in [-0.2, -0.15) is 0 Å². The van der Waals surface area contributed by atoms with Crippen molar-refractivity contribution in [3.63, 3.8) is 0 Å². The van der Waals surface area contributed by atoms with Crippen molar-refractivity contribution in [1.29, 1.82) is 0 Å². The van der Waals surface area contributed by atoms with Crippen LogP contribution in [0.25, 0.3) is 0 Å². The smallest absolute Gasteiger partial charge is 0.106 e. The lowest BCUT2D eigenvalue weighted by Crippen LogP contribution is -1.92. The summed E-state index contributed by atoms with van der Waals surface area (Å²) in [5, 5.41) is 0. The number of hydrogen-bond acceptors (Lipinski definition) is 1. The zero-order chi connectivity index (χ0) is 9.68. The molecule has 0 bridgehead atoms. The van der Waals surface area contributed by atoms with E-state index in [1.54, 1.807) is 0 Å². The number of nitrogens with one attached hydrogen (secondary N) is 1. The zero-order valence-corrected chi connectivity index (χ0v) is 8.93. The Kier molecular flexibility index (Phi) is 4.00. The predicted molar refractivity (Wildman–Crippen MR) is 55.9 cm³/mol. The first kappa shape index (κ1) is 10.3. The van der Waals surface area contributed by atoms with Gasteiger partial charge in [-0.15, -0.1) is 0 Å². The third-order valence-corrected chi connectivity index (χ3v) is 2.56. The average Bonchev–Trinajstić information content (AvgIpc) is 2.62. The van der Waals surface area contributed by atoms with Crippen LogP contribution in [0.4, 0.5) is 0 Å². The summed E-state index contributed by atoms with van der Waals surface area (Å²) in [5.74, 6) is 1.76. The molecule has 0 saturated heterocycles. The van der Waals surface area contributed by atoms with Gasteiger partial charge in [0.15, 0.2) is 0 Å². The third-order valence-electron chi connectivity index (χ3n) is 2.56. The fourth-order valence-electron chi connectivity index (χ4n) is 1.32. The molecule has 2 nitrogen and oxygen atoms in total. The summed E-state index contributed by atoms with van der Waals surface area (Å²) in [6.45, 7) is 6.65. The standard InChI is InChI=1S/C11H20N2/c1-4-6-7-11-12-8-10(13-11)9(3)5-2/h8-9H,4-7H2,1-3H3,(H,12,13). The van der Waals surface area contributed by atoms with E-state index in [1.807, 2.05) is 6.20 Å². The van der Waals surface area contributed by atoms with E-state index in [1.165, 1.54) is 25.0 Å². The maximum atomic E-state index is 4.37. The number of imidazole rings is 1. The van der Waals surface area contributed by atoms with Crippen LogP contribution >= 0.6 is 0 Å². The number of nitrogens with zero attached hydrogens (tertiary/aromatic N) is 1. The third kappa shape index (κ3) is 2.87. The van der Waals surface area contributed by atoms with E-state index < -0.39 is 0 Å². The van der Waals surface area contributed by atoms with Crippen LogP contribution in [0.1, 0.15) is 57.5 Å². The highest BCUT2D eigenvalue weighted by Gasteiger charge is 2.05. The van der Waals surface area contributed by atoms with Gasteiger partial charge >= 0.3 is 0 Å². The number of H-pyrrole nitrogens is 1. The van der Waals surface area contributed by atoms with Crippen LogP contribution in [-0.4, -0.2) is 9.97 Å². The molecule has 2 heteroatoms. The van der Waals surface area contributed by atoms with Gasteiger partial charge in [0.05, 0.1) is 0 Å². The summed E-state index contributed by atoms with van der Waals surface area (Å²) in [5.41, 5.74) is 1.29. The van der Waals surface area contributed by atoms with Crippen molar-refractivity contribution in [2.75, 3.05) is 0 Å². The number of rotatable bonds is 5. The second-order valence-corrected chi connectivity index (χ2v) is 3.70. The minimum atomic E-state index is 0.614. The van der Waals surface area contributed by atoms with Crippen LogP contribution in [0.2, 0.25) is 0 Å². The molecule has 0 radical (unpaired) electrons. The van der Waals surface area contributed by atoms with E-state index in [0.717, 1.165) is 12.2 Å². The first-order chi connectivity index (χ1) is 6.27. The Hall–Kier alpha value is -0.790. The van der Waals surface area contributed by atoms with Crippen LogP contribution in [0, 0.1) is 0 Å². The molecule has 0 fully saturated rings. The van der Waals surface area contributed by atoms with Gasteiger partial charge in [0, 0.05) is 18.3 Å². The fourth-order valence-corrected chi connectivity index (χ4v) is 1.32. The minimum absolute atomic E-state index is 0.614. The Morgan fingerprint density at radius 1 is 1.46 bits per heavy atom. The van der Waals surface area contributed by atoms with Gasteiger partial charge in [-0.1, -0.05) is 27.2 Å². The molecular weight excluding hydrogens is 160 g/mol. The summed E-state index contributed by atoms with van der Waals surface area (Å²) in [7, 11) is 0. The molecule has 13 heavy (non-hydrogen) atoms. The van der Waals surface area contributed by atoms with Crippen LogP contribution in [0.5, 0.6) is 0 Å². The normalized spacial score (nSPS) is 13.2. The van der Waals surface area contributed by atoms with Crippen molar-refractivity contribution in [3.8, 4) is 0 Å². The molecule has 0 aliphatic heterocycles. The second-order valence-electron chi connectivity index (χ2n) is 3.70. The number of aromatic amines is 1. The van der Waals surface area contributed by atoms with Crippen molar-refractivity contribution in [2.45, 2.75) is 52.4 Å². The number of unbranched alkanes of at least 4 members (excludes halogenated alkanes) is 1. The van der Waals surface area contributed by atoms with Gasteiger partial charge in [-0.25, -0.2) is 4.98 Å². The molecule has 0 aromatic carbocycles. The molecule has 0 saturated carbocycles. The molecule has 1 rings (SSSR count). The Bertz CT molecular complexity index is 240. The summed E-state index contributed by atoms with van der Waals surface area (Å²) >= 11 is 0. The number of aryl methyl sites for hydroxylation is 1. The van der Waals surface area contributed by atoms with Crippen LogP contribution in [-0.2, 0) is 6.42 Å². The van der Waals surface area contributed by atoms with Crippen LogP contribution < -0.4 is 0 Å². The van der Waals surface area contributed by atoms with Crippen molar-refractivity contribution >= 4 is 0 Å². The minimum Gasteiger partial charge on any atom is -0.346 e. The Labute approximate surface area is 80.8 Å². The van der Waals surface area contributed by atoms with Crippen LogP contribution in [0.3, 0.4) is 0 Å². The summed E-state index contributed by atoms with van der Waals surface area (Å²) < 4.78 is 0. The van der Waals surface area contributed by atoms with Gasteiger partial charge < -0.3 is 4.98 Å². The predicted octanol–water partition coefficient (Wildman–Crippen LogP) is 3.27. The van der Waals surface area contributed by atoms with Crippen molar-refractivity contribution in [1.82, 2.24) is 9.97 Å². The van der Waals surface area contributed by atoms with Gasteiger partial charge in [-0.3, -0.25) is 0 Å². The maximum Gasteiger partial charge on any atom is 0.106 e. The average molecular weight is 180 g/mol. The molecule has 1 aromatic heterocycles. The highest BCUT2D eigenvalue weighted by molar-refractivity contribution is 5.06. The highest BCUT2D eigenvalue weighted by atomic mass is 14.9. The summed E-state index contributed by atoms with van der Waals surface area (Å²) in [6.07, 6.45) is 6.72. The maximum absolute atomic E-state index is 4.37. The SMILES string of the molecule is CCCCc1ncc(C(C)CC)[nH]1. The topological polar surface area (TPSA) is 28.7 Å². The Morgan fingerprint density at radius 3 is 2.85 bits per heavy atom. The zero-order valence-electron chi connectivity index (χ0n) is 8.93. The fraction of sp³-hybridized carbons (Fsp3) is 0.727. The molecule has 0 aliphatic carbocycles. The molecule has 0 amide bonds. The molecule has 1 N–H and O–H groups in total. The van der Waals surface area contributed by atoms with Crippen molar-refractivity contribution < 1.29 is 0 Å². The number of hydrogen-bond donors (Lipinski definition) is 1. The molecule has 1 heterocycles. The quantitative estimate of drug-likeness (QED) is 0.740. The molecule has 1 unspecified atom stereocenters. The van der Waals surface area contributed by atoms with Gasteiger partial charge in [-0.05, 0) is 18.8 Å². The molecule has 0 aliphatic rings.